The van der Waals surface area contributed by atoms with Crippen molar-refractivity contribution < 1.29 is 17.9 Å². The average molecular weight is 417 g/mol. The summed E-state index contributed by atoms with van der Waals surface area (Å²) in [6.45, 7) is 1.83. The van der Waals surface area contributed by atoms with E-state index in [1.165, 1.54) is 13.2 Å². The van der Waals surface area contributed by atoms with Crippen LogP contribution in [0.2, 0.25) is 0 Å². The molecule has 30 heavy (non-hydrogen) atoms. The topological polar surface area (TPSA) is 72.0 Å². The molecular formula is C21H22F3N5O. The van der Waals surface area contributed by atoms with E-state index in [-0.39, 0.29) is 11.8 Å². The number of methoxy groups -OCH3 is 1. The lowest BCUT2D eigenvalue weighted by Gasteiger charge is -2.19. The summed E-state index contributed by atoms with van der Waals surface area (Å²) in [5.41, 5.74) is 0.112. The van der Waals surface area contributed by atoms with E-state index in [4.69, 9.17) is 4.74 Å². The van der Waals surface area contributed by atoms with Gasteiger partial charge in [-0.2, -0.15) is 13.2 Å². The lowest BCUT2D eigenvalue weighted by atomic mass is 10.0. The number of halogens is 3. The molecule has 0 saturated carbocycles. The molecule has 6 nitrogen and oxygen atoms in total. The maximum absolute atomic E-state index is 13.1. The molecule has 1 aliphatic heterocycles. The highest BCUT2D eigenvalue weighted by molar-refractivity contribution is 6.00. The fraction of sp³-hybridized carbons (Fsp3) is 0.381. The summed E-state index contributed by atoms with van der Waals surface area (Å²) in [4.78, 5) is 4.21. The molecule has 0 radical (unpaired) electrons. The van der Waals surface area contributed by atoms with Crippen molar-refractivity contribution >= 4 is 16.6 Å². The van der Waals surface area contributed by atoms with Crippen LogP contribution in [0.3, 0.4) is 0 Å². The monoisotopic (exact) mass is 417 g/mol. The molecule has 2 aromatic heterocycles. The van der Waals surface area contributed by atoms with Gasteiger partial charge in [-0.15, -0.1) is 10.2 Å². The molecule has 9 heteroatoms. The largest absolute Gasteiger partial charge is 0.496 e. The number of pyridine rings is 1. The fourth-order valence-electron chi connectivity index (χ4n) is 3.70. The smallest absolute Gasteiger partial charge is 0.416 e. The summed E-state index contributed by atoms with van der Waals surface area (Å²) in [6, 6.07) is 5.38. The minimum Gasteiger partial charge on any atom is -0.496 e. The molecule has 1 atom stereocenters. The average Bonchev–Trinajstić information content (AvgIpc) is 3.02. The van der Waals surface area contributed by atoms with Gasteiger partial charge in [-0.05, 0) is 43.7 Å². The van der Waals surface area contributed by atoms with Crippen LogP contribution in [0.1, 0.15) is 24.8 Å². The van der Waals surface area contributed by atoms with Crippen molar-refractivity contribution in [3.63, 3.8) is 0 Å². The third kappa shape index (κ3) is 4.16. The lowest BCUT2D eigenvalue weighted by molar-refractivity contribution is -0.137. The highest BCUT2D eigenvalue weighted by atomic mass is 19.4. The molecule has 1 saturated heterocycles. The molecular weight excluding hydrogens is 395 g/mol. The van der Waals surface area contributed by atoms with E-state index in [9.17, 15) is 13.2 Å². The second-order valence-corrected chi connectivity index (χ2v) is 7.27. The predicted octanol–water partition coefficient (Wildman–Crippen LogP) is 4.27. The van der Waals surface area contributed by atoms with Crippen molar-refractivity contribution in [2.75, 3.05) is 25.5 Å². The number of alkyl halides is 3. The van der Waals surface area contributed by atoms with Gasteiger partial charge in [0.05, 0.1) is 12.7 Å². The molecule has 0 unspecified atom stereocenters. The minimum atomic E-state index is -4.45. The zero-order chi connectivity index (χ0) is 21.1. The van der Waals surface area contributed by atoms with Gasteiger partial charge in [0.15, 0.2) is 5.82 Å². The van der Waals surface area contributed by atoms with Crippen LogP contribution >= 0.6 is 0 Å². The minimum absolute atomic E-state index is 0.0888. The Morgan fingerprint density at radius 2 is 2.00 bits per heavy atom. The van der Waals surface area contributed by atoms with Gasteiger partial charge < -0.3 is 15.4 Å². The number of anilines is 1. The third-order valence-corrected chi connectivity index (χ3v) is 5.25. The first-order valence-corrected chi connectivity index (χ1v) is 9.80. The van der Waals surface area contributed by atoms with Crippen molar-refractivity contribution in [1.82, 2.24) is 20.5 Å². The molecule has 1 aliphatic rings. The molecule has 4 rings (SSSR count). The summed E-state index contributed by atoms with van der Waals surface area (Å²) in [5, 5.41) is 17.0. The first-order valence-electron chi connectivity index (χ1n) is 9.80. The fourth-order valence-corrected chi connectivity index (χ4v) is 3.70. The number of rotatable bonds is 4. The number of nitrogens with zero attached hydrogens (tertiary/aromatic N) is 3. The Labute approximate surface area is 171 Å². The van der Waals surface area contributed by atoms with Crippen molar-refractivity contribution in [1.29, 1.82) is 0 Å². The van der Waals surface area contributed by atoms with Crippen molar-refractivity contribution in [3.05, 3.63) is 42.2 Å². The van der Waals surface area contributed by atoms with E-state index >= 15 is 0 Å². The molecule has 1 fully saturated rings. The van der Waals surface area contributed by atoms with Gasteiger partial charge in [0.1, 0.15) is 11.4 Å². The van der Waals surface area contributed by atoms with Crippen LogP contribution in [0.5, 0.6) is 5.75 Å². The van der Waals surface area contributed by atoms with Gasteiger partial charge in [0.2, 0.25) is 0 Å². The van der Waals surface area contributed by atoms with Crippen LogP contribution in [0.15, 0.2) is 36.7 Å². The van der Waals surface area contributed by atoms with E-state index in [1.807, 2.05) is 0 Å². The number of hydrogen-bond acceptors (Lipinski definition) is 6. The number of fused-ring (bicyclic) bond motifs is 1. The summed E-state index contributed by atoms with van der Waals surface area (Å²) >= 11 is 0. The second kappa shape index (κ2) is 8.43. The molecule has 158 valence electrons. The van der Waals surface area contributed by atoms with Crippen molar-refractivity contribution in [2.45, 2.75) is 31.5 Å². The number of aromatic nitrogens is 3. The van der Waals surface area contributed by atoms with E-state index in [0.29, 0.717) is 17.1 Å². The molecule has 3 aromatic rings. The summed E-state index contributed by atoms with van der Waals surface area (Å²) < 4.78 is 44.5. The molecule has 0 spiro atoms. The van der Waals surface area contributed by atoms with E-state index in [2.05, 4.69) is 25.8 Å². The molecule has 3 heterocycles. The van der Waals surface area contributed by atoms with Gasteiger partial charge in [0.25, 0.3) is 0 Å². The van der Waals surface area contributed by atoms with Crippen LogP contribution in [-0.2, 0) is 6.18 Å². The quantitative estimate of drug-likeness (QED) is 0.661. The molecule has 2 N–H and O–H groups in total. The summed E-state index contributed by atoms with van der Waals surface area (Å²) in [6.07, 6.45) is 2.14. The van der Waals surface area contributed by atoms with E-state index in [1.54, 1.807) is 18.5 Å². The number of hydrogen-bond donors (Lipinski definition) is 2. The lowest BCUT2D eigenvalue weighted by Crippen LogP contribution is -2.31. The van der Waals surface area contributed by atoms with Crippen molar-refractivity contribution in [2.24, 2.45) is 0 Å². The maximum atomic E-state index is 13.1. The Morgan fingerprint density at radius 1 is 1.13 bits per heavy atom. The normalized spacial score (nSPS) is 17.5. The standard InChI is InChI=1S/C21H22F3N5O/c1-30-18-10-13(21(22,23)24)5-6-16(18)19-15-7-9-26-12-17(15)20(29-28-19)27-14-4-2-3-8-25-11-14/h5-7,9-10,12,14,25H,2-4,8,11H2,1H3,(H,27,29)/t14-/m1/s1. The SMILES string of the molecule is COc1cc(C(F)(F)F)ccc1-c1nnc(N[C@@H]2CCCCNC2)c2cnccc12. The summed E-state index contributed by atoms with van der Waals surface area (Å²) in [7, 11) is 1.34. The van der Waals surface area contributed by atoms with Gasteiger partial charge >= 0.3 is 6.18 Å². The maximum Gasteiger partial charge on any atom is 0.416 e. The Balaban J connectivity index is 1.76. The molecule has 0 amide bonds. The Morgan fingerprint density at radius 3 is 2.80 bits per heavy atom. The molecule has 0 bridgehead atoms. The highest BCUT2D eigenvalue weighted by Gasteiger charge is 2.31. The van der Waals surface area contributed by atoms with E-state index < -0.39 is 11.7 Å². The third-order valence-electron chi connectivity index (χ3n) is 5.25. The van der Waals surface area contributed by atoms with Crippen molar-refractivity contribution in [3.8, 4) is 17.0 Å². The number of ether oxygens (including phenoxy) is 1. The van der Waals surface area contributed by atoms with Gasteiger partial charge in [0, 0.05) is 41.3 Å². The second-order valence-electron chi connectivity index (χ2n) is 7.27. The van der Waals surface area contributed by atoms with Crippen LogP contribution in [0.25, 0.3) is 22.0 Å². The van der Waals surface area contributed by atoms with Crippen LogP contribution < -0.4 is 15.4 Å². The number of nitrogens with one attached hydrogen (secondary N) is 2. The Hall–Kier alpha value is -2.94. The van der Waals surface area contributed by atoms with E-state index in [0.717, 1.165) is 55.3 Å². The van der Waals surface area contributed by atoms with Gasteiger partial charge in [-0.3, -0.25) is 4.98 Å². The highest BCUT2D eigenvalue weighted by Crippen LogP contribution is 2.39. The zero-order valence-corrected chi connectivity index (χ0v) is 16.5. The van der Waals surface area contributed by atoms with Gasteiger partial charge in [-0.25, -0.2) is 0 Å². The van der Waals surface area contributed by atoms with Crippen LogP contribution in [0.4, 0.5) is 19.0 Å². The molecule has 1 aromatic carbocycles. The molecule has 0 aliphatic carbocycles. The first-order chi connectivity index (χ1) is 14.5. The van der Waals surface area contributed by atoms with Crippen LogP contribution in [0, 0.1) is 0 Å². The Kier molecular flexibility index (Phi) is 5.72. The summed E-state index contributed by atoms with van der Waals surface area (Å²) in [5.74, 6) is 0.701. The zero-order valence-electron chi connectivity index (χ0n) is 16.5. The predicted molar refractivity (Wildman–Crippen MR) is 108 cm³/mol. The number of benzene rings is 1. The first kappa shape index (κ1) is 20.3. The van der Waals surface area contributed by atoms with Crippen LogP contribution in [-0.4, -0.2) is 41.4 Å². The van der Waals surface area contributed by atoms with Gasteiger partial charge in [-0.1, -0.05) is 6.42 Å². The Bertz CT molecular complexity index is 1030.